The predicted molar refractivity (Wildman–Crippen MR) is 72.0 cm³/mol. The van der Waals surface area contributed by atoms with E-state index in [1.807, 2.05) is 12.1 Å². The van der Waals surface area contributed by atoms with Crippen LogP contribution < -0.4 is 9.47 Å². The molecule has 0 amide bonds. The summed E-state index contributed by atoms with van der Waals surface area (Å²) in [5.74, 6) is 2.23. The second kappa shape index (κ2) is 5.81. The van der Waals surface area contributed by atoms with Gasteiger partial charge in [-0.25, -0.2) is 0 Å². The van der Waals surface area contributed by atoms with Crippen molar-refractivity contribution < 1.29 is 14.2 Å². The maximum atomic E-state index is 6.23. The van der Waals surface area contributed by atoms with Crippen molar-refractivity contribution in [3.8, 4) is 11.5 Å². The van der Waals surface area contributed by atoms with Gasteiger partial charge in [-0.1, -0.05) is 6.07 Å². The summed E-state index contributed by atoms with van der Waals surface area (Å²) in [4.78, 5) is 0. The summed E-state index contributed by atoms with van der Waals surface area (Å²) < 4.78 is 16.2. The van der Waals surface area contributed by atoms with Gasteiger partial charge in [0.2, 0.25) is 0 Å². The Morgan fingerprint density at radius 3 is 2.50 bits per heavy atom. The van der Waals surface area contributed by atoms with Crippen LogP contribution in [0.3, 0.4) is 0 Å². The fraction of sp³-hybridized carbons (Fsp3) is 0.571. The number of benzene rings is 1. The molecule has 1 aliphatic rings. The fourth-order valence-electron chi connectivity index (χ4n) is 2.47. The quantitative estimate of drug-likeness (QED) is 0.788. The summed E-state index contributed by atoms with van der Waals surface area (Å²) in [5, 5.41) is 0. The third kappa shape index (κ3) is 2.43. The Kier molecular flexibility index (Phi) is 4.36. The average Bonchev–Trinajstić information content (AvgIpc) is 2.47. The number of hydrogen-bond donors (Lipinski definition) is 0. The molecule has 0 aliphatic carbocycles. The largest absolute Gasteiger partial charge is 0.497 e. The molecule has 2 rings (SSSR count). The molecular formula is C14H19ClO3. The second-order valence-electron chi connectivity index (χ2n) is 4.59. The summed E-state index contributed by atoms with van der Waals surface area (Å²) in [6.07, 6.45) is 1.86. The first-order valence-corrected chi connectivity index (χ1v) is 6.65. The number of ether oxygens (including phenoxy) is 3. The molecule has 18 heavy (non-hydrogen) atoms. The molecule has 0 N–H and O–H groups in total. The molecule has 0 bridgehead atoms. The Balaban J connectivity index is 2.40. The Morgan fingerprint density at radius 1 is 1.22 bits per heavy atom. The lowest BCUT2D eigenvalue weighted by atomic mass is 9.75. The first-order chi connectivity index (χ1) is 8.75. The van der Waals surface area contributed by atoms with Gasteiger partial charge in [-0.2, -0.15) is 0 Å². The molecule has 0 unspecified atom stereocenters. The number of methoxy groups -OCH3 is 2. The third-order valence-corrected chi connectivity index (χ3v) is 4.20. The van der Waals surface area contributed by atoms with Crippen LogP contribution >= 0.6 is 11.6 Å². The van der Waals surface area contributed by atoms with Crippen LogP contribution in [0.25, 0.3) is 0 Å². The molecule has 0 aromatic heterocycles. The molecule has 1 fully saturated rings. The van der Waals surface area contributed by atoms with E-state index in [-0.39, 0.29) is 5.41 Å². The predicted octanol–water partition coefficient (Wildman–Crippen LogP) is 2.99. The van der Waals surface area contributed by atoms with Crippen LogP contribution in [-0.2, 0) is 10.2 Å². The van der Waals surface area contributed by atoms with E-state index < -0.39 is 0 Å². The topological polar surface area (TPSA) is 27.7 Å². The highest BCUT2D eigenvalue weighted by Crippen LogP contribution is 2.41. The molecule has 1 saturated heterocycles. The fourth-order valence-corrected chi connectivity index (χ4v) is 2.88. The molecule has 1 aromatic carbocycles. The maximum absolute atomic E-state index is 6.23. The molecule has 0 spiro atoms. The van der Waals surface area contributed by atoms with Crippen LogP contribution in [0.1, 0.15) is 18.4 Å². The van der Waals surface area contributed by atoms with E-state index in [0.29, 0.717) is 5.88 Å². The lowest BCUT2D eigenvalue weighted by Crippen LogP contribution is -2.35. The van der Waals surface area contributed by atoms with E-state index in [0.717, 1.165) is 43.1 Å². The number of hydrogen-bond acceptors (Lipinski definition) is 3. The molecule has 4 heteroatoms. The molecule has 3 nitrogen and oxygen atoms in total. The standard InChI is InChI=1S/C14H19ClO3/c1-16-11-3-4-12(13(9-11)17-2)14(10-15)5-7-18-8-6-14/h3-4,9H,5-8,10H2,1-2H3. The van der Waals surface area contributed by atoms with Crippen LogP contribution in [0.15, 0.2) is 18.2 Å². The lowest BCUT2D eigenvalue weighted by Gasteiger charge is -2.36. The summed E-state index contributed by atoms with van der Waals surface area (Å²) in [6, 6.07) is 5.94. The van der Waals surface area contributed by atoms with Gasteiger partial charge in [-0.05, 0) is 18.9 Å². The van der Waals surface area contributed by atoms with Gasteiger partial charge in [0.25, 0.3) is 0 Å². The highest BCUT2D eigenvalue weighted by Gasteiger charge is 2.36. The first kappa shape index (κ1) is 13.5. The van der Waals surface area contributed by atoms with Crippen LogP contribution in [0.2, 0.25) is 0 Å². The van der Waals surface area contributed by atoms with Crippen molar-refractivity contribution in [2.45, 2.75) is 18.3 Å². The summed E-state index contributed by atoms with van der Waals surface area (Å²) in [6.45, 7) is 1.50. The summed E-state index contributed by atoms with van der Waals surface area (Å²) >= 11 is 6.23. The van der Waals surface area contributed by atoms with Gasteiger partial charge in [-0.3, -0.25) is 0 Å². The third-order valence-electron chi connectivity index (χ3n) is 3.69. The van der Waals surface area contributed by atoms with Gasteiger partial charge in [0.05, 0.1) is 14.2 Å². The molecule has 0 saturated carbocycles. The van der Waals surface area contributed by atoms with Crippen LogP contribution in [-0.4, -0.2) is 33.3 Å². The van der Waals surface area contributed by atoms with Gasteiger partial charge in [0, 0.05) is 36.1 Å². The Hall–Kier alpha value is -0.930. The molecule has 1 aromatic rings. The number of halogens is 1. The average molecular weight is 271 g/mol. The zero-order valence-electron chi connectivity index (χ0n) is 10.9. The van der Waals surface area contributed by atoms with Crippen molar-refractivity contribution >= 4 is 11.6 Å². The van der Waals surface area contributed by atoms with E-state index in [2.05, 4.69) is 6.07 Å². The zero-order valence-corrected chi connectivity index (χ0v) is 11.6. The van der Waals surface area contributed by atoms with E-state index in [1.165, 1.54) is 0 Å². The molecule has 0 atom stereocenters. The Bertz CT molecular complexity index is 400. The van der Waals surface area contributed by atoms with Crippen molar-refractivity contribution in [3.63, 3.8) is 0 Å². The molecular weight excluding hydrogens is 252 g/mol. The highest BCUT2D eigenvalue weighted by atomic mass is 35.5. The number of rotatable bonds is 4. The Morgan fingerprint density at radius 2 is 1.94 bits per heavy atom. The van der Waals surface area contributed by atoms with Crippen molar-refractivity contribution in [2.75, 3.05) is 33.3 Å². The number of alkyl halides is 1. The van der Waals surface area contributed by atoms with Crippen molar-refractivity contribution in [2.24, 2.45) is 0 Å². The van der Waals surface area contributed by atoms with Crippen molar-refractivity contribution in [1.29, 1.82) is 0 Å². The monoisotopic (exact) mass is 270 g/mol. The smallest absolute Gasteiger partial charge is 0.126 e. The van der Waals surface area contributed by atoms with Gasteiger partial charge in [-0.15, -0.1) is 11.6 Å². The van der Waals surface area contributed by atoms with Crippen LogP contribution in [0, 0.1) is 0 Å². The maximum Gasteiger partial charge on any atom is 0.126 e. The van der Waals surface area contributed by atoms with Gasteiger partial charge < -0.3 is 14.2 Å². The lowest BCUT2D eigenvalue weighted by molar-refractivity contribution is 0.0567. The van der Waals surface area contributed by atoms with E-state index in [1.54, 1.807) is 14.2 Å². The van der Waals surface area contributed by atoms with Gasteiger partial charge in [0.15, 0.2) is 0 Å². The minimum absolute atomic E-state index is 0.0442. The first-order valence-electron chi connectivity index (χ1n) is 6.12. The van der Waals surface area contributed by atoms with Crippen molar-refractivity contribution in [1.82, 2.24) is 0 Å². The van der Waals surface area contributed by atoms with E-state index >= 15 is 0 Å². The second-order valence-corrected chi connectivity index (χ2v) is 4.86. The van der Waals surface area contributed by atoms with E-state index in [9.17, 15) is 0 Å². The molecule has 1 heterocycles. The normalized spacial score (nSPS) is 18.4. The van der Waals surface area contributed by atoms with Gasteiger partial charge in [0.1, 0.15) is 11.5 Å². The van der Waals surface area contributed by atoms with Gasteiger partial charge >= 0.3 is 0 Å². The minimum Gasteiger partial charge on any atom is -0.497 e. The zero-order chi connectivity index (χ0) is 13.0. The molecule has 0 radical (unpaired) electrons. The Labute approximate surface area is 113 Å². The highest BCUT2D eigenvalue weighted by molar-refractivity contribution is 6.18. The van der Waals surface area contributed by atoms with Crippen LogP contribution in [0.4, 0.5) is 0 Å². The van der Waals surface area contributed by atoms with Crippen molar-refractivity contribution in [3.05, 3.63) is 23.8 Å². The summed E-state index contributed by atoms with van der Waals surface area (Å²) in [7, 11) is 3.33. The molecule has 100 valence electrons. The van der Waals surface area contributed by atoms with E-state index in [4.69, 9.17) is 25.8 Å². The molecule has 1 aliphatic heterocycles. The summed E-state index contributed by atoms with van der Waals surface area (Å²) in [5.41, 5.74) is 1.11. The minimum atomic E-state index is -0.0442. The SMILES string of the molecule is COc1ccc(C2(CCl)CCOCC2)c(OC)c1. The van der Waals surface area contributed by atoms with Crippen LogP contribution in [0.5, 0.6) is 11.5 Å².